The highest BCUT2D eigenvalue weighted by atomic mass is 14.7. The second-order valence-corrected chi connectivity index (χ2v) is 5.25. The summed E-state index contributed by atoms with van der Waals surface area (Å²) in [7, 11) is 0. The van der Waals surface area contributed by atoms with E-state index in [1.807, 2.05) is 13.8 Å². The van der Waals surface area contributed by atoms with E-state index in [9.17, 15) is 0 Å². The average Bonchev–Trinajstić information content (AvgIpc) is 2.02. The van der Waals surface area contributed by atoms with E-state index in [0.29, 0.717) is 5.41 Å². The normalized spacial score (nSPS) is 37.6. The molecule has 0 aromatic heterocycles. The molecule has 80 valence electrons. The molecule has 1 saturated carbocycles. The Morgan fingerprint density at radius 1 is 1.08 bits per heavy atom. The molecule has 0 saturated heterocycles. The molecular weight excluding hydrogens is 158 g/mol. The van der Waals surface area contributed by atoms with Gasteiger partial charge in [0.15, 0.2) is 0 Å². The van der Waals surface area contributed by atoms with Gasteiger partial charge in [-0.2, -0.15) is 0 Å². The number of nitrogens with two attached hydrogens (primary N) is 1. The minimum absolute atomic E-state index is 0.106. The number of rotatable bonds is 0. The molecule has 1 fully saturated rings. The van der Waals surface area contributed by atoms with Crippen LogP contribution in [-0.4, -0.2) is 5.54 Å². The van der Waals surface area contributed by atoms with Crippen molar-refractivity contribution in [2.24, 2.45) is 17.1 Å². The molecule has 1 rings (SSSR count). The fourth-order valence-corrected chi connectivity index (χ4v) is 1.93. The Labute approximate surface area is 84.1 Å². The van der Waals surface area contributed by atoms with Gasteiger partial charge in [0, 0.05) is 5.54 Å². The van der Waals surface area contributed by atoms with Crippen LogP contribution in [0.15, 0.2) is 0 Å². The Bertz CT molecular complexity index is 147. The summed E-state index contributed by atoms with van der Waals surface area (Å²) in [5, 5.41) is 0. The van der Waals surface area contributed by atoms with Gasteiger partial charge in [0.2, 0.25) is 0 Å². The lowest BCUT2D eigenvalue weighted by molar-refractivity contribution is 0.102. The molecule has 0 heterocycles. The van der Waals surface area contributed by atoms with E-state index in [1.54, 1.807) is 0 Å². The van der Waals surface area contributed by atoms with E-state index >= 15 is 0 Å². The lowest BCUT2D eigenvalue weighted by Crippen LogP contribution is -2.46. The van der Waals surface area contributed by atoms with Gasteiger partial charge < -0.3 is 5.73 Å². The van der Waals surface area contributed by atoms with Crippen LogP contribution in [0.2, 0.25) is 0 Å². The summed E-state index contributed by atoms with van der Waals surface area (Å²) in [6.45, 7) is 13.2. The van der Waals surface area contributed by atoms with Crippen molar-refractivity contribution >= 4 is 0 Å². The van der Waals surface area contributed by atoms with Gasteiger partial charge in [-0.05, 0) is 37.5 Å². The van der Waals surface area contributed by atoms with Crippen LogP contribution in [0.1, 0.15) is 60.8 Å². The van der Waals surface area contributed by atoms with Crippen LogP contribution in [0.3, 0.4) is 0 Å². The van der Waals surface area contributed by atoms with Crippen molar-refractivity contribution in [3.63, 3.8) is 0 Å². The van der Waals surface area contributed by atoms with Crippen LogP contribution in [0.5, 0.6) is 0 Å². The molecule has 0 aromatic carbocycles. The topological polar surface area (TPSA) is 26.0 Å². The van der Waals surface area contributed by atoms with E-state index in [1.165, 1.54) is 19.3 Å². The van der Waals surface area contributed by atoms with Crippen molar-refractivity contribution in [2.75, 3.05) is 0 Å². The summed E-state index contributed by atoms with van der Waals surface area (Å²) in [6, 6.07) is 0. The molecule has 1 heteroatoms. The molecule has 0 aromatic rings. The molecule has 0 aliphatic heterocycles. The predicted octanol–water partition coefficient (Wildman–Crippen LogP) is 3.58. The summed E-state index contributed by atoms with van der Waals surface area (Å²) >= 11 is 0. The standard InChI is InChI=1S/C10H21N.C2H6/c1-8-7-10(4,11)6-5-9(8,2)3;1-2/h8H,5-7,11H2,1-4H3;1-2H3. The van der Waals surface area contributed by atoms with Crippen molar-refractivity contribution in [1.82, 2.24) is 0 Å². The fourth-order valence-electron chi connectivity index (χ4n) is 1.93. The van der Waals surface area contributed by atoms with Crippen LogP contribution in [0, 0.1) is 11.3 Å². The first-order valence-corrected chi connectivity index (χ1v) is 5.62. The van der Waals surface area contributed by atoms with Crippen molar-refractivity contribution < 1.29 is 0 Å². The van der Waals surface area contributed by atoms with Crippen LogP contribution in [-0.2, 0) is 0 Å². The van der Waals surface area contributed by atoms with E-state index in [2.05, 4.69) is 27.7 Å². The van der Waals surface area contributed by atoms with Gasteiger partial charge in [0.25, 0.3) is 0 Å². The summed E-state index contributed by atoms with van der Waals surface area (Å²) in [6.07, 6.45) is 3.64. The molecule has 0 bridgehead atoms. The quantitative estimate of drug-likeness (QED) is 0.613. The highest BCUT2D eigenvalue weighted by Gasteiger charge is 2.37. The molecular formula is C12H27N. The first-order valence-electron chi connectivity index (χ1n) is 5.62. The van der Waals surface area contributed by atoms with Crippen molar-refractivity contribution in [3.8, 4) is 0 Å². The first-order chi connectivity index (χ1) is 5.83. The predicted molar refractivity (Wildman–Crippen MR) is 60.7 cm³/mol. The first kappa shape index (κ1) is 13.0. The third kappa shape index (κ3) is 3.68. The molecule has 0 spiro atoms. The minimum Gasteiger partial charge on any atom is -0.325 e. The summed E-state index contributed by atoms with van der Waals surface area (Å²) in [5.41, 5.74) is 6.71. The van der Waals surface area contributed by atoms with E-state index < -0.39 is 0 Å². The van der Waals surface area contributed by atoms with Gasteiger partial charge in [-0.1, -0.05) is 34.6 Å². The zero-order valence-corrected chi connectivity index (χ0v) is 10.3. The van der Waals surface area contributed by atoms with Gasteiger partial charge in [-0.15, -0.1) is 0 Å². The maximum atomic E-state index is 6.09. The lowest BCUT2D eigenvalue weighted by atomic mass is 9.64. The third-order valence-electron chi connectivity index (χ3n) is 3.45. The summed E-state index contributed by atoms with van der Waals surface area (Å²) in [4.78, 5) is 0. The van der Waals surface area contributed by atoms with Crippen LogP contribution in [0.25, 0.3) is 0 Å². The van der Waals surface area contributed by atoms with Crippen LogP contribution >= 0.6 is 0 Å². The maximum absolute atomic E-state index is 6.09. The molecule has 13 heavy (non-hydrogen) atoms. The molecule has 2 N–H and O–H groups in total. The SMILES string of the molecule is CC.CC1CC(C)(N)CCC1(C)C. The second kappa shape index (κ2) is 4.45. The van der Waals surface area contributed by atoms with Gasteiger partial charge in [0.05, 0.1) is 0 Å². The Balaban J connectivity index is 0.000000671. The van der Waals surface area contributed by atoms with Crippen molar-refractivity contribution in [1.29, 1.82) is 0 Å². The number of hydrogen-bond donors (Lipinski definition) is 1. The van der Waals surface area contributed by atoms with Gasteiger partial charge in [-0.3, -0.25) is 0 Å². The van der Waals surface area contributed by atoms with Gasteiger partial charge >= 0.3 is 0 Å². The molecule has 0 radical (unpaired) electrons. The molecule has 1 nitrogen and oxygen atoms in total. The summed E-state index contributed by atoms with van der Waals surface area (Å²) in [5.74, 6) is 0.770. The van der Waals surface area contributed by atoms with E-state index in [0.717, 1.165) is 5.92 Å². The molecule has 1 aliphatic carbocycles. The fraction of sp³-hybridized carbons (Fsp3) is 1.00. The lowest BCUT2D eigenvalue weighted by Gasteiger charge is -2.44. The highest BCUT2D eigenvalue weighted by molar-refractivity contribution is 4.92. The zero-order chi connectivity index (χ0) is 10.7. The highest BCUT2D eigenvalue weighted by Crippen LogP contribution is 2.43. The Morgan fingerprint density at radius 3 is 1.85 bits per heavy atom. The van der Waals surface area contributed by atoms with Crippen molar-refractivity contribution in [2.45, 2.75) is 66.3 Å². The van der Waals surface area contributed by atoms with Gasteiger partial charge in [-0.25, -0.2) is 0 Å². The maximum Gasteiger partial charge on any atom is 0.0128 e. The Hall–Kier alpha value is -0.0400. The van der Waals surface area contributed by atoms with Crippen LogP contribution in [0.4, 0.5) is 0 Å². The van der Waals surface area contributed by atoms with Gasteiger partial charge in [0.1, 0.15) is 0 Å². The molecule has 2 atom stereocenters. The third-order valence-corrected chi connectivity index (χ3v) is 3.45. The second-order valence-electron chi connectivity index (χ2n) is 5.25. The molecule has 1 aliphatic rings. The van der Waals surface area contributed by atoms with Crippen molar-refractivity contribution in [3.05, 3.63) is 0 Å². The van der Waals surface area contributed by atoms with E-state index in [4.69, 9.17) is 5.73 Å². The van der Waals surface area contributed by atoms with E-state index in [-0.39, 0.29) is 5.54 Å². The smallest absolute Gasteiger partial charge is 0.0128 e. The Kier molecular flexibility index (Phi) is 4.44. The average molecular weight is 185 g/mol. The molecule has 0 amide bonds. The Morgan fingerprint density at radius 2 is 1.54 bits per heavy atom. The number of hydrogen-bond acceptors (Lipinski definition) is 1. The summed E-state index contributed by atoms with van der Waals surface area (Å²) < 4.78 is 0. The zero-order valence-electron chi connectivity index (χ0n) is 10.3. The van der Waals surface area contributed by atoms with Crippen LogP contribution < -0.4 is 5.73 Å². The largest absolute Gasteiger partial charge is 0.325 e. The minimum atomic E-state index is 0.106. The monoisotopic (exact) mass is 185 g/mol. The molecule has 2 unspecified atom stereocenters.